The van der Waals surface area contributed by atoms with Crippen molar-refractivity contribution in [2.75, 3.05) is 13.1 Å². The molecular formula is C21H21ClN6O2. The van der Waals surface area contributed by atoms with Crippen LogP contribution in [0.2, 0.25) is 5.02 Å². The second kappa shape index (κ2) is 8.04. The molecule has 1 aliphatic rings. The number of fused-ring (bicyclic) bond motifs is 2. The molecule has 8 nitrogen and oxygen atoms in total. The number of aromatic amines is 1. The lowest BCUT2D eigenvalue weighted by Gasteiger charge is -2.23. The number of piperidine rings is 1. The zero-order valence-corrected chi connectivity index (χ0v) is 17.2. The fraction of sp³-hybridized carbons (Fsp3) is 0.333. The van der Waals surface area contributed by atoms with E-state index in [4.69, 9.17) is 21.1 Å². The molecule has 0 bridgehead atoms. The summed E-state index contributed by atoms with van der Waals surface area (Å²) in [5.74, 6) is 1.02. The van der Waals surface area contributed by atoms with Gasteiger partial charge in [-0.25, -0.2) is 0 Å². The van der Waals surface area contributed by atoms with Gasteiger partial charge < -0.3 is 19.8 Å². The number of aromatic nitrogens is 5. The second-order valence-electron chi connectivity index (χ2n) is 7.18. The van der Waals surface area contributed by atoms with Gasteiger partial charge in [-0.3, -0.25) is 9.97 Å². The number of hydrogen-bond donors (Lipinski definition) is 2. The molecule has 1 fully saturated rings. The Balaban J connectivity index is 1.53. The average Bonchev–Trinajstić information content (AvgIpc) is 3.10. The Bertz CT molecular complexity index is 1210. The molecule has 0 saturated carbocycles. The van der Waals surface area contributed by atoms with Crippen molar-refractivity contribution in [1.29, 1.82) is 0 Å². The summed E-state index contributed by atoms with van der Waals surface area (Å²) in [6, 6.07) is 5.67. The summed E-state index contributed by atoms with van der Waals surface area (Å²) < 4.78 is 12.2. The Morgan fingerprint density at radius 1 is 1.10 bits per heavy atom. The maximum atomic E-state index is 6.60. The predicted octanol–water partition coefficient (Wildman–Crippen LogP) is 4.04. The lowest BCUT2D eigenvalue weighted by Crippen LogP contribution is -2.34. The van der Waals surface area contributed by atoms with E-state index in [0.29, 0.717) is 27.7 Å². The minimum absolute atomic E-state index is 0.0733. The van der Waals surface area contributed by atoms with Gasteiger partial charge in [0, 0.05) is 24.2 Å². The van der Waals surface area contributed by atoms with Gasteiger partial charge in [-0.05, 0) is 44.5 Å². The number of rotatable bonds is 5. The molecule has 4 heterocycles. The minimum Gasteiger partial charge on any atom is -0.474 e. The predicted molar refractivity (Wildman–Crippen MR) is 114 cm³/mol. The SMILES string of the molecule is CCc1[nH]c2nc(Oc3ccc4nccnc4c3)nc(OC3CCNCC3)c2c1Cl. The highest BCUT2D eigenvalue weighted by Gasteiger charge is 2.22. The molecule has 154 valence electrons. The normalized spacial score (nSPS) is 15.0. The molecule has 0 unspecified atom stereocenters. The summed E-state index contributed by atoms with van der Waals surface area (Å²) in [7, 11) is 0. The molecular weight excluding hydrogens is 404 g/mol. The zero-order chi connectivity index (χ0) is 20.5. The maximum absolute atomic E-state index is 6.60. The fourth-order valence-electron chi connectivity index (χ4n) is 3.62. The average molecular weight is 425 g/mol. The number of aryl methyl sites for hydroxylation is 1. The van der Waals surface area contributed by atoms with Crippen molar-refractivity contribution in [3.63, 3.8) is 0 Å². The highest BCUT2D eigenvalue weighted by Crippen LogP contribution is 2.36. The Hall–Kier alpha value is -2.97. The van der Waals surface area contributed by atoms with E-state index in [1.54, 1.807) is 12.4 Å². The van der Waals surface area contributed by atoms with Crippen LogP contribution < -0.4 is 14.8 Å². The van der Waals surface area contributed by atoms with E-state index in [-0.39, 0.29) is 12.1 Å². The third kappa shape index (κ3) is 3.64. The van der Waals surface area contributed by atoms with Gasteiger partial charge >= 0.3 is 6.01 Å². The van der Waals surface area contributed by atoms with Crippen LogP contribution in [0.4, 0.5) is 0 Å². The quantitative estimate of drug-likeness (QED) is 0.498. The van der Waals surface area contributed by atoms with Crippen molar-refractivity contribution >= 4 is 33.7 Å². The molecule has 0 radical (unpaired) electrons. The molecule has 4 aromatic rings. The van der Waals surface area contributed by atoms with Gasteiger partial charge in [-0.15, -0.1) is 0 Å². The van der Waals surface area contributed by atoms with Crippen LogP contribution >= 0.6 is 11.6 Å². The minimum atomic E-state index is 0.0733. The topological polar surface area (TPSA) is 97.8 Å². The molecule has 9 heteroatoms. The third-order valence-corrected chi connectivity index (χ3v) is 5.59. The van der Waals surface area contributed by atoms with Crippen LogP contribution in [-0.2, 0) is 6.42 Å². The Morgan fingerprint density at radius 2 is 1.90 bits per heavy atom. The standard InChI is InChI=1S/C21H21ClN6O2/c1-2-14-18(22)17-19(26-14)27-21(28-20(17)29-12-5-7-23-8-6-12)30-13-3-4-15-16(11-13)25-10-9-24-15/h3-4,9-12,23H,2,5-8H2,1H3,(H,26,27,28). The Labute approximate surface area is 178 Å². The molecule has 30 heavy (non-hydrogen) atoms. The lowest BCUT2D eigenvalue weighted by atomic mass is 10.1. The number of nitrogens with zero attached hydrogens (tertiary/aromatic N) is 4. The molecule has 0 amide bonds. The van der Waals surface area contributed by atoms with Gasteiger partial charge in [-0.2, -0.15) is 9.97 Å². The van der Waals surface area contributed by atoms with Gasteiger partial charge in [0.2, 0.25) is 5.88 Å². The molecule has 1 aliphatic heterocycles. The van der Waals surface area contributed by atoms with E-state index in [2.05, 4.69) is 30.2 Å². The molecule has 1 saturated heterocycles. The van der Waals surface area contributed by atoms with E-state index in [0.717, 1.165) is 49.1 Å². The van der Waals surface area contributed by atoms with Crippen molar-refractivity contribution in [2.24, 2.45) is 0 Å². The molecule has 0 aliphatic carbocycles. The van der Waals surface area contributed by atoms with Crippen molar-refractivity contribution in [2.45, 2.75) is 32.3 Å². The van der Waals surface area contributed by atoms with E-state index < -0.39 is 0 Å². The van der Waals surface area contributed by atoms with Crippen LogP contribution in [-0.4, -0.2) is 44.1 Å². The van der Waals surface area contributed by atoms with Gasteiger partial charge in [0.25, 0.3) is 0 Å². The lowest BCUT2D eigenvalue weighted by molar-refractivity contribution is 0.157. The first-order valence-corrected chi connectivity index (χ1v) is 10.4. The molecule has 0 atom stereocenters. The van der Waals surface area contributed by atoms with Crippen molar-refractivity contribution < 1.29 is 9.47 Å². The van der Waals surface area contributed by atoms with E-state index in [9.17, 15) is 0 Å². The maximum Gasteiger partial charge on any atom is 0.327 e. The monoisotopic (exact) mass is 424 g/mol. The summed E-state index contributed by atoms with van der Waals surface area (Å²) >= 11 is 6.60. The van der Waals surface area contributed by atoms with Crippen LogP contribution in [0.5, 0.6) is 17.6 Å². The molecule has 0 spiro atoms. The first-order valence-electron chi connectivity index (χ1n) is 10.1. The van der Waals surface area contributed by atoms with Gasteiger partial charge in [0.1, 0.15) is 22.9 Å². The van der Waals surface area contributed by atoms with Gasteiger partial charge in [0.05, 0.1) is 16.1 Å². The highest BCUT2D eigenvalue weighted by atomic mass is 35.5. The first kappa shape index (κ1) is 19.0. The number of H-pyrrole nitrogens is 1. The van der Waals surface area contributed by atoms with E-state index >= 15 is 0 Å². The smallest absolute Gasteiger partial charge is 0.327 e. The number of benzene rings is 1. The zero-order valence-electron chi connectivity index (χ0n) is 16.5. The van der Waals surface area contributed by atoms with Crippen LogP contribution in [0.3, 0.4) is 0 Å². The largest absolute Gasteiger partial charge is 0.474 e. The van der Waals surface area contributed by atoms with Crippen LogP contribution in [0.25, 0.3) is 22.1 Å². The van der Waals surface area contributed by atoms with Crippen LogP contribution in [0.1, 0.15) is 25.5 Å². The molecule has 3 aromatic heterocycles. The second-order valence-corrected chi connectivity index (χ2v) is 7.56. The summed E-state index contributed by atoms with van der Waals surface area (Å²) in [4.78, 5) is 21.0. The van der Waals surface area contributed by atoms with Gasteiger partial charge in [0.15, 0.2) is 0 Å². The summed E-state index contributed by atoms with van der Waals surface area (Å²) in [5, 5.41) is 4.64. The van der Waals surface area contributed by atoms with Crippen molar-refractivity contribution in [3.8, 4) is 17.6 Å². The molecule has 5 rings (SSSR count). The van der Waals surface area contributed by atoms with E-state index in [1.165, 1.54) is 0 Å². The van der Waals surface area contributed by atoms with Gasteiger partial charge in [-0.1, -0.05) is 18.5 Å². The number of hydrogen-bond acceptors (Lipinski definition) is 7. The summed E-state index contributed by atoms with van der Waals surface area (Å²) in [5.41, 5.74) is 3.03. The van der Waals surface area contributed by atoms with E-state index in [1.807, 2.05) is 25.1 Å². The fourth-order valence-corrected chi connectivity index (χ4v) is 3.97. The number of ether oxygens (including phenoxy) is 2. The molecule has 1 aromatic carbocycles. The number of halogens is 1. The Morgan fingerprint density at radius 3 is 2.70 bits per heavy atom. The van der Waals surface area contributed by atoms with Crippen LogP contribution in [0.15, 0.2) is 30.6 Å². The van der Waals surface area contributed by atoms with Crippen LogP contribution in [0, 0.1) is 0 Å². The summed E-state index contributed by atoms with van der Waals surface area (Å²) in [6.45, 7) is 3.87. The first-order chi connectivity index (χ1) is 14.7. The number of nitrogens with one attached hydrogen (secondary N) is 2. The van der Waals surface area contributed by atoms with Crippen molar-refractivity contribution in [1.82, 2.24) is 30.2 Å². The Kier molecular flexibility index (Phi) is 5.10. The third-order valence-electron chi connectivity index (χ3n) is 5.18. The summed E-state index contributed by atoms with van der Waals surface area (Å²) in [6.07, 6.45) is 5.95. The van der Waals surface area contributed by atoms with Crippen molar-refractivity contribution in [3.05, 3.63) is 41.3 Å². The highest BCUT2D eigenvalue weighted by molar-refractivity contribution is 6.36. The molecule has 2 N–H and O–H groups in total.